The first-order chi connectivity index (χ1) is 20.8. The highest BCUT2D eigenvalue weighted by molar-refractivity contribution is 6.22. The maximum Gasteiger partial charge on any atom is 0.159 e. The van der Waals surface area contributed by atoms with Crippen LogP contribution in [0.2, 0.25) is 0 Å². The smallest absolute Gasteiger partial charge is 0.159 e. The van der Waals surface area contributed by atoms with E-state index in [9.17, 15) is 0 Å². The second-order valence-corrected chi connectivity index (χ2v) is 12.5. The van der Waals surface area contributed by atoms with E-state index in [4.69, 9.17) is 14.6 Å². The molecule has 0 fully saturated rings. The maximum absolute atomic E-state index is 6.81. The van der Waals surface area contributed by atoms with Gasteiger partial charge in [-0.2, -0.15) is 0 Å². The van der Waals surface area contributed by atoms with Crippen molar-refractivity contribution in [3.05, 3.63) is 120 Å². The molecule has 0 saturated carbocycles. The predicted molar refractivity (Wildman–Crippen MR) is 181 cm³/mol. The topological polar surface area (TPSA) is 55.5 Å². The van der Waals surface area contributed by atoms with Crippen molar-refractivity contribution in [2.75, 3.05) is 10.6 Å². The molecule has 0 atom stereocenters. The highest BCUT2D eigenvalue weighted by atomic mass is 16.3. The normalized spacial score (nSPS) is 12.3. The van der Waals surface area contributed by atoms with Crippen molar-refractivity contribution in [2.24, 2.45) is 0 Å². The lowest BCUT2D eigenvalue weighted by molar-refractivity contribution is 0.573. The first kappa shape index (κ1) is 25.5. The summed E-state index contributed by atoms with van der Waals surface area (Å²) in [6.45, 7) is 8.80. The van der Waals surface area contributed by atoms with Crippen LogP contribution in [0.3, 0.4) is 0 Å². The number of nitrogens with zero attached hydrogens (tertiary/aromatic N) is 1. The highest BCUT2D eigenvalue weighted by Gasteiger charge is 2.24. The van der Waals surface area contributed by atoms with E-state index in [1.54, 1.807) is 0 Å². The molecule has 8 aromatic rings. The van der Waals surface area contributed by atoms with Gasteiger partial charge in [0.2, 0.25) is 0 Å². The Kier molecular flexibility index (Phi) is 5.42. The summed E-state index contributed by atoms with van der Waals surface area (Å²) in [5.41, 5.74) is 15.9. The third-order valence-corrected chi connectivity index (χ3v) is 8.60. The van der Waals surface area contributed by atoms with Crippen LogP contribution in [0.15, 0.2) is 118 Å². The Balaban J connectivity index is 1.40. The Morgan fingerprint density at radius 1 is 0.581 bits per heavy atom. The van der Waals surface area contributed by atoms with Gasteiger partial charge in [0.1, 0.15) is 16.7 Å². The minimum absolute atomic E-state index is 0.0515. The molecule has 2 aromatic heterocycles. The van der Waals surface area contributed by atoms with E-state index in [1.165, 1.54) is 11.1 Å². The van der Waals surface area contributed by atoms with Crippen LogP contribution in [0.1, 0.15) is 31.9 Å². The molecule has 0 radical (unpaired) electrons. The predicted octanol–water partition coefficient (Wildman–Crippen LogP) is 11.3. The van der Waals surface area contributed by atoms with Gasteiger partial charge in [0.25, 0.3) is 0 Å². The molecule has 8 rings (SSSR count). The van der Waals surface area contributed by atoms with Crippen LogP contribution < -0.4 is 10.6 Å². The Morgan fingerprint density at radius 3 is 2.02 bits per heavy atom. The molecule has 0 amide bonds. The van der Waals surface area contributed by atoms with E-state index in [1.807, 2.05) is 18.2 Å². The van der Waals surface area contributed by atoms with Crippen LogP contribution in [0.25, 0.3) is 54.6 Å². The van der Waals surface area contributed by atoms with Crippen molar-refractivity contribution in [1.29, 1.82) is 0 Å². The largest absolute Gasteiger partial charge is 0.456 e. The van der Waals surface area contributed by atoms with Crippen LogP contribution in [-0.4, -0.2) is 0 Å². The number of aryl methyl sites for hydroxylation is 1. The molecule has 4 heteroatoms. The molecule has 2 heterocycles. The van der Waals surface area contributed by atoms with Gasteiger partial charge in [0.15, 0.2) is 5.58 Å². The van der Waals surface area contributed by atoms with E-state index < -0.39 is 0 Å². The molecule has 0 spiro atoms. The van der Waals surface area contributed by atoms with Gasteiger partial charge < -0.3 is 19.5 Å². The summed E-state index contributed by atoms with van der Waals surface area (Å²) in [6.07, 6.45) is 0. The van der Waals surface area contributed by atoms with E-state index in [-0.39, 0.29) is 5.41 Å². The van der Waals surface area contributed by atoms with Crippen molar-refractivity contribution in [3.63, 3.8) is 0 Å². The Labute approximate surface area is 249 Å². The van der Waals surface area contributed by atoms with E-state index in [2.05, 4.69) is 124 Å². The Hall–Kier alpha value is -5.22. The van der Waals surface area contributed by atoms with Crippen LogP contribution >= 0.6 is 0 Å². The number of fused-ring (bicyclic) bond motifs is 8. The van der Waals surface area contributed by atoms with E-state index >= 15 is 0 Å². The maximum atomic E-state index is 6.81. The first-order valence-corrected chi connectivity index (χ1v) is 14.7. The number of nitrogens with two attached hydrogens (primary N) is 1. The standard InChI is InChI=1S/C39H32N2O2/c1-23-15-17-24(18-16-23)41(33-14-8-12-29-28-11-7-13-31(39(2,3)4)37(28)43-38(29)33)25-19-20-30-34(21-25)42-35-22-32(40)26-9-5-6-10-27(26)36(30)35/h5-22H,40H2,1-4H3. The second kappa shape index (κ2) is 9.14. The molecule has 0 unspecified atom stereocenters. The number of nitrogen functional groups attached to an aromatic ring is 1. The minimum Gasteiger partial charge on any atom is -0.456 e. The minimum atomic E-state index is -0.0515. The van der Waals surface area contributed by atoms with Gasteiger partial charge in [0, 0.05) is 56.0 Å². The number of anilines is 4. The molecule has 0 saturated heterocycles. The zero-order valence-corrected chi connectivity index (χ0v) is 24.7. The second-order valence-electron chi connectivity index (χ2n) is 12.5. The van der Waals surface area contributed by atoms with Crippen LogP contribution in [0, 0.1) is 6.92 Å². The summed E-state index contributed by atoms with van der Waals surface area (Å²) >= 11 is 0. The fourth-order valence-corrected chi connectivity index (χ4v) is 6.49. The number of furan rings is 2. The molecule has 43 heavy (non-hydrogen) atoms. The lowest BCUT2D eigenvalue weighted by Crippen LogP contribution is -2.11. The number of hydrogen-bond donors (Lipinski definition) is 1. The zero-order valence-electron chi connectivity index (χ0n) is 24.7. The van der Waals surface area contributed by atoms with Gasteiger partial charge in [-0.25, -0.2) is 0 Å². The van der Waals surface area contributed by atoms with Gasteiger partial charge in [-0.05, 0) is 48.1 Å². The zero-order chi connectivity index (χ0) is 29.5. The number of benzene rings is 6. The fourth-order valence-electron chi connectivity index (χ4n) is 6.49. The van der Waals surface area contributed by atoms with Gasteiger partial charge in [-0.1, -0.05) is 93.1 Å². The third-order valence-electron chi connectivity index (χ3n) is 8.60. The molecular weight excluding hydrogens is 528 g/mol. The number of para-hydroxylation sites is 2. The highest BCUT2D eigenvalue weighted by Crippen LogP contribution is 2.45. The number of rotatable bonds is 3. The lowest BCUT2D eigenvalue weighted by atomic mass is 9.86. The summed E-state index contributed by atoms with van der Waals surface area (Å²) in [5, 5.41) is 6.51. The monoisotopic (exact) mass is 560 g/mol. The molecule has 0 aliphatic carbocycles. The third kappa shape index (κ3) is 3.90. The van der Waals surface area contributed by atoms with Crippen molar-refractivity contribution >= 4 is 77.4 Å². The Bertz CT molecular complexity index is 2350. The molecule has 6 aromatic carbocycles. The van der Waals surface area contributed by atoms with Gasteiger partial charge in [-0.3, -0.25) is 0 Å². The molecule has 210 valence electrons. The number of hydrogen-bond acceptors (Lipinski definition) is 4. The van der Waals surface area contributed by atoms with E-state index in [0.29, 0.717) is 0 Å². The molecule has 0 aliphatic heterocycles. The molecule has 4 nitrogen and oxygen atoms in total. The quantitative estimate of drug-likeness (QED) is 0.218. The van der Waals surface area contributed by atoms with Crippen molar-refractivity contribution < 1.29 is 8.83 Å². The van der Waals surface area contributed by atoms with Crippen LogP contribution in [0.5, 0.6) is 0 Å². The van der Waals surface area contributed by atoms with Crippen LogP contribution in [-0.2, 0) is 5.41 Å². The van der Waals surface area contributed by atoms with Crippen molar-refractivity contribution in [2.45, 2.75) is 33.1 Å². The Morgan fingerprint density at radius 2 is 1.26 bits per heavy atom. The summed E-state index contributed by atoms with van der Waals surface area (Å²) in [7, 11) is 0. The summed E-state index contributed by atoms with van der Waals surface area (Å²) < 4.78 is 13.3. The van der Waals surface area contributed by atoms with Crippen molar-refractivity contribution in [1.82, 2.24) is 0 Å². The SMILES string of the molecule is Cc1ccc(N(c2ccc3c(c2)oc2cc(N)c4ccccc4c23)c2cccc3c2oc2c(C(C)(C)C)cccc23)cc1. The molecule has 0 aliphatic rings. The van der Waals surface area contributed by atoms with Gasteiger partial charge >= 0.3 is 0 Å². The first-order valence-electron chi connectivity index (χ1n) is 14.7. The fraction of sp³-hybridized carbons (Fsp3) is 0.128. The van der Waals surface area contributed by atoms with Crippen LogP contribution in [0.4, 0.5) is 22.7 Å². The average molecular weight is 561 g/mol. The summed E-state index contributed by atoms with van der Waals surface area (Å²) in [6, 6.07) is 38.1. The van der Waals surface area contributed by atoms with Gasteiger partial charge in [0.05, 0.1) is 11.4 Å². The van der Waals surface area contributed by atoms with Gasteiger partial charge in [-0.15, -0.1) is 0 Å². The summed E-state index contributed by atoms with van der Waals surface area (Å²) in [4.78, 5) is 2.26. The van der Waals surface area contributed by atoms with E-state index in [0.717, 1.165) is 77.4 Å². The lowest BCUT2D eigenvalue weighted by Gasteiger charge is -2.25. The van der Waals surface area contributed by atoms with Crippen molar-refractivity contribution in [3.8, 4) is 0 Å². The summed E-state index contributed by atoms with van der Waals surface area (Å²) in [5.74, 6) is 0. The molecule has 0 bridgehead atoms. The molecular formula is C39H32N2O2. The molecule has 2 N–H and O–H groups in total. The average Bonchev–Trinajstić information content (AvgIpc) is 3.56.